The maximum absolute atomic E-state index is 12.1. The Labute approximate surface area is 138 Å². The lowest BCUT2D eigenvalue weighted by Gasteiger charge is -2.12. The molecule has 136 valence electrons. The first-order valence-electron chi connectivity index (χ1n) is 6.99. The van der Waals surface area contributed by atoms with Crippen molar-refractivity contribution in [2.75, 3.05) is 33.9 Å². The summed E-state index contributed by atoms with van der Waals surface area (Å²) in [6.45, 7) is -1.67. The van der Waals surface area contributed by atoms with Crippen molar-refractivity contribution in [3.8, 4) is 0 Å². The number of hydrogen-bond donors (Lipinski definition) is 1. The summed E-state index contributed by atoms with van der Waals surface area (Å²) in [6, 6.07) is 5.50. The van der Waals surface area contributed by atoms with Gasteiger partial charge in [-0.2, -0.15) is 13.2 Å². The topological polar surface area (TPSA) is 75.7 Å². The molecule has 1 aromatic rings. The smallest absolute Gasteiger partial charge is 0.372 e. The Hall–Kier alpha value is -1.65. The van der Waals surface area contributed by atoms with Gasteiger partial charge in [0.2, 0.25) is 10.0 Å². The molecule has 24 heavy (non-hydrogen) atoms. The van der Waals surface area contributed by atoms with Crippen LogP contribution in [0.4, 0.5) is 13.2 Å². The van der Waals surface area contributed by atoms with Crippen molar-refractivity contribution in [1.82, 2.24) is 9.62 Å². The fourth-order valence-corrected chi connectivity index (χ4v) is 2.83. The second kappa shape index (κ2) is 8.45. The number of benzene rings is 1. The minimum absolute atomic E-state index is 0.0773. The summed E-state index contributed by atoms with van der Waals surface area (Å²) in [6.07, 6.45) is -4.31. The standard InChI is InChI=1S/C14H19F3N2O4S/c1-19(2)13(20)11-5-3-6-12(9-11)24(21,22)18-7-4-8-23-10-14(15,16)17/h3,5-6,9,18H,4,7-8,10H2,1-2H3. The maximum atomic E-state index is 12.1. The van der Waals surface area contributed by atoms with Crippen molar-refractivity contribution in [3.63, 3.8) is 0 Å². The molecule has 0 aliphatic heterocycles. The number of ether oxygens (including phenoxy) is 1. The van der Waals surface area contributed by atoms with Crippen molar-refractivity contribution in [2.45, 2.75) is 17.5 Å². The lowest BCUT2D eigenvalue weighted by Crippen LogP contribution is -2.27. The van der Waals surface area contributed by atoms with Crippen LogP contribution in [-0.4, -0.2) is 59.3 Å². The molecule has 6 nitrogen and oxygen atoms in total. The van der Waals surface area contributed by atoms with Crippen molar-refractivity contribution >= 4 is 15.9 Å². The van der Waals surface area contributed by atoms with Crippen LogP contribution in [0.25, 0.3) is 0 Å². The minimum atomic E-state index is -4.40. The molecular formula is C14H19F3N2O4S. The molecule has 0 unspecified atom stereocenters. The minimum Gasteiger partial charge on any atom is -0.372 e. The van der Waals surface area contributed by atoms with Crippen LogP contribution in [0.1, 0.15) is 16.8 Å². The van der Waals surface area contributed by atoms with Gasteiger partial charge in [0.15, 0.2) is 0 Å². The largest absolute Gasteiger partial charge is 0.411 e. The molecule has 0 atom stereocenters. The summed E-state index contributed by atoms with van der Waals surface area (Å²) in [7, 11) is -0.767. The van der Waals surface area contributed by atoms with E-state index in [0.717, 1.165) is 0 Å². The van der Waals surface area contributed by atoms with E-state index in [4.69, 9.17) is 0 Å². The molecule has 10 heteroatoms. The van der Waals surface area contributed by atoms with Crippen LogP contribution >= 0.6 is 0 Å². The number of nitrogens with one attached hydrogen (secondary N) is 1. The first kappa shape index (κ1) is 20.4. The maximum Gasteiger partial charge on any atom is 0.411 e. The molecule has 0 aliphatic rings. The van der Waals surface area contributed by atoms with E-state index in [9.17, 15) is 26.4 Å². The summed E-state index contributed by atoms with van der Waals surface area (Å²) in [4.78, 5) is 13.1. The summed E-state index contributed by atoms with van der Waals surface area (Å²) >= 11 is 0. The molecule has 0 aromatic heterocycles. The number of amides is 1. The molecule has 0 aliphatic carbocycles. The van der Waals surface area contributed by atoms with Crippen molar-refractivity contribution in [1.29, 1.82) is 0 Å². The number of sulfonamides is 1. The first-order valence-corrected chi connectivity index (χ1v) is 8.47. The van der Waals surface area contributed by atoms with Gasteiger partial charge >= 0.3 is 6.18 Å². The average Bonchev–Trinajstić information content (AvgIpc) is 2.49. The number of alkyl halides is 3. The Morgan fingerprint density at radius 1 is 1.29 bits per heavy atom. The van der Waals surface area contributed by atoms with Crippen molar-refractivity contribution < 1.29 is 31.1 Å². The zero-order chi connectivity index (χ0) is 18.4. The Morgan fingerprint density at radius 3 is 2.54 bits per heavy atom. The number of carbonyl (C=O) groups excluding carboxylic acids is 1. The predicted octanol–water partition coefficient (Wildman–Crippen LogP) is 1.64. The molecule has 1 amide bonds. The van der Waals surface area contributed by atoms with E-state index in [0.29, 0.717) is 0 Å². The lowest BCUT2D eigenvalue weighted by atomic mass is 10.2. The Bertz CT molecular complexity index is 660. The third-order valence-corrected chi connectivity index (χ3v) is 4.28. The number of nitrogens with zero attached hydrogens (tertiary/aromatic N) is 1. The number of rotatable bonds is 8. The highest BCUT2D eigenvalue weighted by Gasteiger charge is 2.27. The number of carbonyl (C=O) groups is 1. The molecule has 0 bridgehead atoms. The van der Waals surface area contributed by atoms with Gasteiger partial charge in [-0.1, -0.05) is 6.07 Å². The van der Waals surface area contributed by atoms with Crippen LogP contribution in [0.2, 0.25) is 0 Å². The highest BCUT2D eigenvalue weighted by molar-refractivity contribution is 7.89. The molecule has 1 rings (SSSR count). The number of hydrogen-bond acceptors (Lipinski definition) is 4. The first-order chi connectivity index (χ1) is 11.0. The molecule has 0 saturated carbocycles. The van der Waals surface area contributed by atoms with Crippen LogP contribution in [0, 0.1) is 0 Å². The van der Waals surface area contributed by atoms with Gasteiger partial charge in [-0.05, 0) is 24.6 Å². The van der Waals surface area contributed by atoms with E-state index in [1.807, 2.05) is 0 Å². The van der Waals surface area contributed by atoms with Gasteiger partial charge in [-0.15, -0.1) is 0 Å². The third kappa shape index (κ3) is 6.85. The molecule has 1 N–H and O–H groups in total. The van der Waals surface area contributed by atoms with Gasteiger partial charge in [0.05, 0.1) is 4.90 Å². The van der Waals surface area contributed by atoms with Crippen molar-refractivity contribution in [2.24, 2.45) is 0 Å². The Morgan fingerprint density at radius 2 is 1.96 bits per heavy atom. The molecular weight excluding hydrogens is 349 g/mol. The lowest BCUT2D eigenvalue weighted by molar-refractivity contribution is -0.173. The fraction of sp³-hybridized carbons (Fsp3) is 0.500. The van der Waals surface area contributed by atoms with E-state index in [-0.39, 0.29) is 35.9 Å². The van der Waals surface area contributed by atoms with Crippen LogP contribution < -0.4 is 4.72 Å². The highest BCUT2D eigenvalue weighted by Crippen LogP contribution is 2.15. The van der Waals surface area contributed by atoms with Crippen LogP contribution in [0.15, 0.2) is 29.2 Å². The quantitative estimate of drug-likeness (QED) is 0.708. The van der Waals surface area contributed by atoms with E-state index < -0.39 is 22.8 Å². The van der Waals surface area contributed by atoms with Crippen LogP contribution in [0.5, 0.6) is 0 Å². The summed E-state index contributed by atoms with van der Waals surface area (Å²) in [5.74, 6) is -0.340. The molecule has 0 spiro atoms. The van der Waals surface area contributed by atoms with E-state index in [1.54, 1.807) is 14.1 Å². The Kier molecular flexibility index (Phi) is 7.18. The van der Waals surface area contributed by atoms with E-state index in [2.05, 4.69) is 9.46 Å². The van der Waals surface area contributed by atoms with E-state index >= 15 is 0 Å². The van der Waals surface area contributed by atoms with Crippen LogP contribution in [-0.2, 0) is 14.8 Å². The van der Waals surface area contributed by atoms with Gasteiger partial charge in [-0.3, -0.25) is 4.79 Å². The van der Waals surface area contributed by atoms with Gasteiger partial charge in [0, 0.05) is 32.8 Å². The monoisotopic (exact) mass is 368 g/mol. The van der Waals surface area contributed by atoms with Gasteiger partial charge in [0.1, 0.15) is 6.61 Å². The second-order valence-electron chi connectivity index (χ2n) is 5.15. The summed E-state index contributed by atoms with van der Waals surface area (Å²) in [5, 5.41) is 0. The SMILES string of the molecule is CN(C)C(=O)c1cccc(S(=O)(=O)NCCCOCC(F)(F)F)c1. The summed E-state index contributed by atoms with van der Waals surface area (Å²) in [5.41, 5.74) is 0.219. The highest BCUT2D eigenvalue weighted by atomic mass is 32.2. The molecule has 1 aromatic carbocycles. The van der Waals surface area contributed by atoms with Gasteiger partial charge in [0.25, 0.3) is 5.91 Å². The Balaban J connectivity index is 2.57. The van der Waals surface area contributed by atoms with Crippen molar-refractivity contribution in [3.05, 3.63) is 29.8 Å². The molecule has 0 saturated heterocycles. The average molecular weight is 368 g/mol. The zero-order valence-electron chi connectivity index (χ0n) is 13.3. The molecule has 0 fully saturated rings. The molecule has 0 radical (unpaired) electrons. The normalized spacial score (nSPS) is 12.2. The van der Waals surface area contributed by atoms with Crippen LogP contribution in [0.3, 0.4) is 0 Å². The second-order valence-corrected chi connectivity index (χ2v) is 6.91. The summed E-state index contributed by atoms with van der Waals surface area (Å²) < 4.78 is 66.5. The molecule has 0 heterocycles. The number of halogens is 3. The zero-order valence-corrected chi connectivity index (χ0v) is 14.1. The van der Waals surface area contributed by atoms with Gasteiger partial charge < -0.3 is 9.64 Å². The third-order valence-electron chi connectivity index (χ3n) is 2.82. The van der Waals surface area contributed by atoms with Gasteiger partial charge in [-0.25, -0.2) is 13.1 Å². The predicted molar refractivity (Wildman–Crippen MR) is 81.1 cm³/mol. The fourth-order valence-electron chi connectivity index (χ4n) is 1.71. The van der Waals surface area contributed by atoms with E-state index in [1.165, 1.54) is 29.2 Å².